The largest absolute Gasteiger partial charge is 0.496 e. The number of fused-ring (bicyclic) bond motifs is 2. The fourth-order valence-corrected chi connectivity index (χ4v) is 3.23. The summed E-state index contributed by atoms with van der Waals surface area (Å²) in [5, 5.41) is 4.22. The van der Waals surface area contributed by atoms with Crippen molar-refractivity contribution in [1.29, 1.82) is 0 Å². The van der Waals surface area contributed by atoms with Crippen LogP contribution in [-0.2, 0) is 11.3 Å². The lowest BCUT2D eigenvalue weighted by atomic mass is 10.1. The van der Waals surface area contributed by atoms with Crippen molar-refractivity contribution in [2.45, 2.75) is 13.5 Å². The Morgan fingerprint density at radius 3 is 2.62 bits per heavy atom. The molecular formula is C20H18N2O4. The molecule has 1 N–H and O–H groups in total. The van der Waals surface area contributed by atoms with Crippen molar-refractivity contribution in [2.24, 2.45) is 0 Å². The lowest BCUT2D eigenvalue weighted by Crippen LogP contribution is -1.99. The van der Waals surface area contributed by atoms with E-state index in [-0.39, 0.29) is 5.97 Å². The van der Waals surface area contributed by atoms with Crippen LogP contribution in [0.3, 0.4) is 0 Å². The molecule has 6 heteroatoms. The summed E-state index contributed by atoms with van der Waals surface area (Å²) in [6.07, 6.45) is 0. The standard InChI is InChI=1S/C20H18N2O4/c1-11-8-17(21-13-4-5-14-12(9-13)10-26-20(14)23)22-19-16(25-3)7-6-15(24-2)18(11)19/h4-9H,10H2,1-3H3,(H,21,22). The lowest BCUT2D eigenvalue weighted by Gasteiger charge is -2.14. The van der Waals surface area contributed by atoms with Crippen molar-refractivity contribution < 1.29 is 19.0 Å². The molecule has 0 fully saturated rings. The molecule has 2 aromatic carbocycles. The van der Waals surface area contributed by atoms with Gasteiger partial charge >= 0.3 is 5.97 Å². The molecule has 1 aliphatic heterocycles. The molecule has 3 aromatic rings. The smallest absolute Gasteiger partial charge is 0.338 e. The molecule has 6 nitrogen and oxygen atoms in total. The Bertz CT molecular complexity index is 1030. The molecule has 0 unspecified atom stereocenters. The van der Waals surface area contributed by atoms with Gasteiger partial charge in [0, 0.05) is 16.6 Å². The zero-order valence-electron chi connectivity index (χ0n) is 14.8. The number of pyridine rings is 1. The van der Waals surface area contributed by atoms with E-state index >= 15 is 0 Å². The van der Waals surface area contributed by atoms with E-state index in [9.17, 15) is 4.79 Å². The first-order valence-corrected chi connectivity index (χ1v) is 8.20. The number of rotatable bonds is 4. The zero-order valence-corrected chi connectivity index (χ0v) is 14.8. The van der Waals surface area contributed by atoms with Crippen molar-refractivity contribution >= 4 is 28.4 Å². The van der Waals surface area contributed by atoms with Crippen LogP contribution >= 0.6 is 0 Å². The predicted molar refractivity (Wildman–Crippen MR) is 98.4 cm³/mol. The van der Waals surface area contributed by atoms with E-state index in [0.29, 0.717) is 23.7 Å². The van der Waals surface area contributed by atoms with Crippen LogP contribution in [0.25, 0.3) is 10.9 Å². The number of carbonyl (C=O) groups excluding carboxylic acids is 1. The highest BCUT2D eigenvalue weighted by Crippen LogP contribution is 2.36. The maximum Gasteiger partial charge on any atom is 0.338 e. The monoisotopic (exact) mass is 350 g/mol. The van der Waals surface area contributed by atoms with Gasteiger partial charge in [0.25, 0.3) is 0 Å². The number of nitrogens with zero attached hydrogens (tertiary/aromatic N) is 1. The number of cyclic esters (lactones) is 1. The summed E-state index contributed by atoms with van der Waals surface area (Å²) in [5.41, 5.74) is 4.08. The first-order valence-electron chi connectivity index (χ1n) is 8.20. The minimum atomic E-state index is -0.275. The van der Waals surface area contributed by atoms with E-state index < -0.39 is 0 Å². The van der Waals surface area contributed by atoms with E-state index in [4.69, 9.17) is 19.2 Å². The first kappa shape index (κ1) is 16.2. The highest BCUT2D eigenvalue weighted by molar-refractivity contribution is 5.95. The van der Waals surface area contributed by atoms with Gasteiger partial charge in [0.05, 0.1) is 19.8 Å². The number of anilines is 2. The SMILES string of the molecule is COc1ccc(OC)c2c(C)cc(Nc3ccc4c(c3)COC4=O)nc12. The van der Waals surface area contributed by atoms with Crippen LogP contribution in [0.15, 0.2) is 36.4 Å². The number of esters is 1. The summed E-state index contributed by atoms with van der Waals surface area (Å²) in [6, 6.07) is 11.2. The Hall–Kier alpha value is -3.28. The number of nitrogens with one attached hydrogen (secondary N) is 1. The molecule has 1 aromatic heterocycles. The van der Waals surface area contributed by atoms with Gasteiger partial charge < -0.3 is 19.5 Å². The first-order chi connectivity index (χ1) is 12.6. The number of aryl methyl sites for hydroxylation is 1. The van der Waals surface area contributed by atoms with Crippen molar-refractivity contribution in [3.63, 3.8) is 0 Å². The van der Waals surface area contributed by atoms with Crippen molar-refractivity contribution in [1.82, 2.24) is 4.98 Å². The van der Waals surface area contributed by atoms with Crippen molar-refractivity contribution in [2.75, 3.05) is 19.5 Å². The van der Waals surface area contributed by atoms with E-state index in [1.807, 2.05) is 37.3 Å². The second-order valence-electron chi connectivity index (χ2n) is 6.09. The van der Waals surface area contributed by atoms with Gasteiger partial charge in [-0.2, -0.15) is 0 Å². The summed E-state index contributed by atoms with van der Waals surface area (Å²) in [5.74, 6) is 1.85. The summed E-state index contributed by atoms with van der Waals surface area (Å²) < 4.78 is 16.0. The highest BCUT2D eigenvalue weighted by atomic mass is 16.5. The number of hydrogen-bond donors (Lipinski definition) is 1. The number of hydrogen-bond acceptors (Lipinski definition) is 6. The Morgan fingerprint density at radius 1 is 1.08 bits per heavy atom. The van der Waals surface area contributed by atoms with E-state index in [0.717, 1.165) is 33.5 Å². The van der Waals surface area contributed by atoms with Gasteiger partial charge in [-0.15, -0.1) is 0 Å². The molecule has 132 valence electrons. The summed E-state index contributed by atoms with van der Waals surface area (Å²) in [6.45, 7) is 2.31. The number of ether oxygens (including phenoxy) is 3. The third-order valence-electron chi connectivity index (χ3n) is 4.48. The second kappa shape index (κ2) is 6.22. The normalized spacial score (nSPS) is 12.7. The van der Waals surface area contributed by atoms with Gasteiger partial charge in [0.2, 0.25) is 0 Å². The molecule has 0 saturated heterocycles. The molecule has 2 heterocycles. The molecule has 0 bridgehead atoms. The fourth-order valence-electron chi connectivity index (χ4n) is 3.23. The highest BCUT2D eigenvalue weighted by Gasteiger charge is 2.21. The zero-order chi connectivity index (χ0) is 18.3. The maximum atomic E-state index is 11.6. The Morgan fingerprint density at radius 2 is 1.85 bits per heavy atom. The second-order valence-corrected chi connectivity index (χ2v) is 6.09. The van der Waals surface area contributed by atoms with Crippen LogP contribution in [0.1, 0.15) is 21.5 Å². The van der Waals surface area contributed by atoms with E-state index in [1.165, 1.54) is 0 Å². The minimum absolute atomic E-state index is 0.275. The molecule has 0 amide bonds. The lowest BCUT2D eigenvalue weighted by molar-refractivity contribution is 0.0535. The quantitative estimate of drug-likeness (QED) is 0.718. The molecular weight excluding hydrogens is 332 g/mol. The molecule has 26 heavy (non-hydrogen) atoms. The molecule has 0 radical (unpaired) electrons. The number of benzene rings is 2. The number of methoxy groups -OCH3 is 2. The van der Waals surface area contributed by atoms with Crippen LogP contribution in [0.4, 0.5) is 11.5 Å². The average molecular weight is 350 g/mol. The van der Waals surface area contributed by atoms with Gasteiger partial charge in [-0.1, -0.05) is 0 Å². The minimum Gasteiger partial charge on any atom is -0.496 e. The van der Waals surface area contributed by atoms with Crippen LogP contribution < -0.4 is 14.8 Å². The fraction of sp³-hybridized carbons (Fsp3) is 0.200. The number of carbonyl (C=O) groups is 1. The Balaban J connectivity index is 1.77. The van der Waals surface area contributed by atoms with Crippen LogP contribution in [-0.4, -0.2) is 25.2 Å². The summed E-state index contributed by atoms with van der Waals surface area (Å²) in [7, 11) is 3.26. The predicted octanol–water partition coefficient (Wildman–Crippen LogP) is 3.97. The summed E-state index contributed by atoms with van der Waals surface area (Å²) in [4.78, 5) is 16.3. The molecule has 4 rings (SSSR count). The van der Waals surface area contributed by atoms with Crippen molar-refractivity contribution in [3.8, 4) is 11.5 Å². The molecule has 1 aliphatic rings. The molecule has 0 aliphatic carbocycles. The third-order valence-corrected chi connectivity index (χ3v) is 4.48. The van der Waals surface area contributed by atoms with E-state index in [1.54, 1.807) is 20.3 Å². The average Bonchev–Trinajstić information content (AvgIpc) is 3.01. The van der Waals surface area contributed by atoms with Gasteiger partial charge in [0.15, 0.2) is 0 Å². The Kier molecular flexibility index (Phi) is 3.88. The van der Waals surface area contributed by atoms with Gasteiger partial charge in [-0.3, -0.25) is 0 Å². The van der Waals surface area contributed by atoms with Crippen LogP contribution in [0.5, 0.6) is 11.5 Å². The number of aromatic nitrogens is 1. The maximum absolute atomic E-state index is 11.6. The molecule has 0 spiro atoms. The molecule has 0 saturated carbocycles. The van der Waals surface area contributed by atoms with Gasteiger partial charge in [-0.25, -0.2) is 9.78 Å². The molecule has 0 atom stereocenters. The van der Waals surface area contributed by atoms with E-state index in [2.05, 4.69) is 5.32 Å². The Labute approximate surface area is 150 Å². The van der Waals surface area contributed by atoms with Gasteiger partial charge in [0.1, 0.15) is 29.4 Å². The van der Waals surface area contributed by atoms with Crippen LogP contribution in [0, 0.1) is 6.92 Å². The summed E-state index contributed by atoms with van der Waals surface area (Å²) >= 11 is 0. The van der Waals surface area contributed by atoms with Crippen LogP contribution in [0.2, 0.25) is 0 Å². The topological polar surface area (TPSA) is 69.7 Å². The van der Waals surface area contributed by atoms with Crippen molar-refractivity contribution in [3.05, 3.63) is 53.1 Å². The van der Waals surface area contributed by atoms with Gasteiger partial charge in [-0.05, 0) is 48.9 Å². The third kappa shape index (κ3) is 2.60.